The smallest absolute Gasteiger partial charge is 0.351 e. The molecule has 0 bridgehead atoms. The van der Waals surface area contributed by atoms with E-state index in [-0.39, 0.29) is 17.3 Å². The number of hydrogen-bond donors (Lipinski definition) is 1. The molecule has 1 N–H and O–H groups in total. The Labute approximate surface area is 151 Å². The zero-order chi connectivity index (χ0) is 19.3. The molecule has 0 atom stereocenters. The first-order valence-corrected chi connectivity index (χ1v) is 9.46. The molecule has 0 saturated carbocycles. The summed E-state index contributed by atoms with van der Waals surface area (Å²) in [6, 6.07) is 2.18. The Morgan fingerprint density at radius 1 is 1.31 bits per heavy atom. The maximum Gasteiger partial charge on any atom is 0.417 e. The Kier molecular flexibility index (Phi) is 4.39. The number of rotatable bonds is 3. The van der Waals surface area contributed by atoms with Crippen LogP contribution in [0.4, 0.5) is 13.2 Å². The summed E-state index contributed by atoms with van der Waals surface area (Å²) in [6.07, 6.45) is -2.51. The third-order valence-electron chi connectivity index (χ3n) is 3.89. The Balaban J connectivity index is 2.35. The molecule has 6 nitrogen and oxygen atoms in total. The number of aryl methyl sites for hydroxylation is 1. The Morgan fingerprint density at radius 2 is 2.00 bits per heavy atom. The van der Waals surface area contributed by atoms with E-state index >= 15 is 0 Å². The van der Waals surface area contributed by atoms with E-state index in [9.17, 15) is 21.6 Å². The molecule has 0 amide bonds. The number of nitrogens with zero attached hydrogens (tertiary/aromatic N) is 3. The van der Waals surface area contributed by atoms with Crippen LogP contribution in [0.3, 0.4) is 0 Å². The van der Waals surface area contributed by atoms with Gasteiger partial charge in [-0.1, -0.05) is 19.1 Å². The average Bonchev–Trinajstić information content (AvgIpc) is 2.89. The van der Waals surface area contributed by atoms with Crippen LogP contribution in [0, 0.1) is 4.64 Å². The SMILES string of the molecule is CCS(=O)(=O)c1cc(C(F)(F)F)cnc1-c1nc2cc(=S)[nH]cc2n1C. The molecule has 0 spiro atoms. The molecular weight excluding hydrogens is 389 g/mol. The van der Waals surface area contributed by atoms with Crippen LogP contribution in [-0.2, 0) is 23.1 Å². The van der Waals surface area contributed by atoms with Gasteiger partial charge in [0.1, 0.15) is 10.3 Å². The molecule has 3 heterocycles. The standard InChI is InChI=1S/C15H13F3N4O2S2/c1-3-26(23,24)11-4-8(15(16,17)18)6-20-13(11)14-21-9-5-12(25)19-7-10(9)22(14)2/h4-7H,3H2,1-2H3,(H,19,25). The van der Waals surface area contributed by atoms with Gasteiger partial charge in [0.2, 0.25) is 0 Å². The van der Waals surface area contributed by atoms with Gasteiger partial charge in [0.05, 0.1) is 27.2 Å². The van der Waals surface area contributed by atoms with Crippen molar-refractivity contribution in [3.05, 3.63) is 34.7 Å². The van der Waals surface area contributed by atoms with Crippen molar-refractivity contribution in [1.29, 1.82) is 0 Å². The summed E-state index contributed by atoms with van der Waals surface area (Å²) >= 11 is 5.03. The molecule has 3 aromatic rings. The summed E-state index contributed by atoms with van der Waals surface area (Å²) < 4.78 is 65.8. The molecule has 0 aliphatic carbocycles. The van der Waals surface area contributed by atoms with Gasteiger partial charge in [-0.15, -0.1) is 0 Å². The van der Waals surface area contributed by atoms with E-state index in [4.69, 9.17) is 12.2 Å². The van der Waals surface area contributed by atoms with Gasteiger partial charge in [0.15, 0.2) is 15.7 Å². The van der Waals surface area contributed by atoms with Crippen molar-refractivity contribution in [2.45, 2.75) is 18.0 Å². The van der Waals surface area contributed by atoms with Crippen molar-refractivity contribution in [1.82, 2.24) is 19.5 Å². The molecule has 0 aliphatic rings. The zero-order valence-electron chi connectivity index (χ0n) is 13.6. The monoisotopic (exact) mass is 402 g/mol. The number of H-pyrrole nitrogens is 1. The van der Waals surface area contributed by atoms with Crippen molar-refractivity contribution in [3.8, 4) is 11.5 Å². The summed E-state index contributed by atoms with van der Waals surface area (Å²) in [6.45, 7) is 1.35. The summed E-state index contributed by atoms with van der Waals surface area (Å²) in [7, 11) is -2.35. The normalized spacial score (nSPS) is 12.7. The molecule has 3 aromatic heterocycles. The predicted molar refractivity (Wildman–Crippen MR) is 91.9 cm³/mol. The second-order valence-corrected chi connectivity index (χ2v) is 8.22. The lowest BCUT2D eigenvalue weighted by Gasteiger charge is -2.12. The van der Waals surface area contributed by atoms with E-state index in [0.29, 0.717) is 27.9 Å². The van der Waals surface area contributed by atoms with Crippen LogP contribution in [0.25, 0.3) is 22.6 Å². The number of halogens is 3. The minimum Gasteiger partial charge on any atom is -0.351 e. The number of aromatic nitrogens is 4. The highest BCUT2D eigenvalue weighted by molar-refractivity contribution is 7.91. The highest BCUT2D eigenvalue weighted by Gasteiger charge is 2.34. The number of fused-ring (bicyclic) bond motifs is 1. The quantitative estimate of drug-likeness (QED) is 0.678. The largest absolute Gasteiger partial charge is 0.417 e. The number of imidazole rings is 1. The fraction of sp³-hybridized carbons (Fsp3) is 0.267. The third-order valence-corrected chi connectivity index (χ3v) is 5.87. The number of aromatic amines is 1. The highest BCUT2D eigenvalue weighted by atomic mass is 32.2. The first-order valence-electron chi connectivity index (χ1n) is 7.40. The molecule has 0 saturated heterocycles. The summed E-state index contributed by atoms with van der Waals surface area (Å²) in [5.74, 6) is -0.230. The lowest BCUT2D eigenvalue weighted by molar-refractivity contribution is -0.138. The molecule has 0 radical (unpaired) electrons. The van der Waals surface area contributed by atoms with Crippen molar-refractivity contribution in [3.63, 3.8) is 0 Å². The molecule has 0 aromatic carbocycles. The van der Waals surface area contributed by atoms with Crippen LogP contribution in [0.15, 0.2) is 29.4 Å². The van der Waals surface area contributed by atoms with Crippen molar-refractivity contribution < 1.29 is 21.6 Å². The minimum atomic E-state index is -4.71. The molecule has 3 rings (SSSR count). The van der Waals surface area contributed by atoms with E-state index in [1.807, 2.05) is 0 Å². The fourth-order valence-electron chi connectivity index (χ4n) is 2.49. The van der Waals surface area contributed by atoms with Crippen molar-refractivity contribution in [2.75, 3.05) is 5.75 Å². The maximum absolute atomic E-state index is 13.0. The number of alkyl halides is 3. The van der Waals surface area contributed by atoms with Crippen LogP contribution < -0.4 is 0 Å². The first-order chi connectivity index (χ1) is 12.0. The third kappa shape index (κ3) is 3.12. The highest BCUT2D eigenvalue weighted by Crippen LogP contribution is 2.34. The summed E-state index contributed by atoms with van der Waals surface area (Å²) in [4.78, 5) is 10.4. The van der Waals surface area contributed by atoms with Crippen LogP contribution >= 0.6 is 12.2 Å². The van der Waals surface area contributed by atoms with Gasteiger partial charge in [0.25, 0.3) is 0 Å². The number of sulfone groups is 1. The van der Waals surface area contributed by atoms with Crippen LogP contribution in [0.2, 0.25) is 0 Å². The Morgan fingerprint density at radius 3 is 2.62 bits per heavy atom. The van der Waals surface area contributed by atoms with Gasteiger partial charge in [-0.25, -0.2) is 13.4 Å². The maximum atomic E-state index is 13.0. The van der Waals surface area contributed by atoms with E-state index < -0.39 is 26.5 Å². The summed E-state index contributed by atoms with van der Waals surface area (Å²) in [5, 5.41) is 0. The van der Waals surface area contributed by atoms with Gasteiger partial charge >= 0.3 is 6.18 Å². The summed E-state index contributed by atoms with van der Waals surface area (Å²) in [5.41, 5.74) is -0.180. The zero-order valence-corrected chi connectivity index (χ0v) is 15.3. The van der Waals surface area contributed by atoms with Crippen LogP contribution in [0.1, 0.15) is 12.5 Å². The van der Waals surface area contributed by atoms with E-state index in [2.05, 4.69) is 15.0 Å². The second-order valence-electron chi connectivity index (χ2n) is 5.53. The average molecular weight is 402 g/mol. The molecule has 0 fully saturated rings. The van der Waals surface area contributed by atoms with Gasteiger partial charge in [-0.05, 0) is 6.07 Å². The number of pyridine rings is 2. The van der Waals surface area contributed by atoms with E-state index in [0.717, 1.165) is 0 Å². The predicted octanol–water partition coefficient (Wildman–Crippen LogP) is 3.51. The van der Waals surface area contributed by atoms with Gasteiger partial charge < -0.3 is 9.55 Å². The van der Waals surface area contributed by atoms with Crippen LogP contribution in [0.5, 0.6) is 0 Å². The number of nitrogens with one attached hydrogen (secondary N) is 1. The van der Waals surface area contributed by atoms with Crippen molar-refractivity contribution in [2.24, 2.45) is 7.05 Å². The van der Waals surface area contributed by atoms with Gasteiger partial charge in [-0.2, -0.15) is 13.2 Å². The van der Waals surface area contributed by atoms with Gasteiger partial charge in [-0.3, -0.25) is 4.98 Å². The molecule has 0 aliphatic heterocycles. The fourth-order valence-corrected chi connectivity index (χ4v) is 3.71. The van der Waals surface area contributed by atoms with E-state index in [1.54, 1.807) is 23.9 Å². The van der Waals surface area contributed by atoms with E-state index in [1.165, 1.54) is 6.92 Å². The lowest BCUT2D eigenvalue weighted by Crippen LogP contribution is -2.13. The Bertz CT molecular complexity index is 1160. The minimum absolute atomic E-state index is 0.134. The molecular formula is C15H13F3N4O2S2. The first kappa shape index (κ1) is 18.5. The second kappa shape index (κ2) is 6.16. The topological polar surface area (TPSA) is 80.6 Å². The van der Waals surface area contributed by atoms with Crippen LogP contribution in [-0.4, -0.2) is 33.7 Å². The molecule has 0 unspecified atom stereocenters. The Hall–Kier alpha value is -2.27. The molecule has 11 heteroatoms. The van der Waals surface area contributed by atoms with Gasteiger partial charge in [0, 0.05) is 25.5 Å². The molecule has 26 heavy (non-hydrogen) atoms. The number of hydrogen-bond acceptors (Lipinski definition) is 5. The van der Waals surface area contributed by atoms with Crippen molar-refractivity contribution >= 4 is 33.1 Å². The molecule has 138 valence electrons. The lowest BCUT2D eigenvalue weighted by atomic mass is 10.2.